The van der Waals surface area contributed by atoms with Gasteiger partial charge in [0, 0.05) is 19.5 Å². The van der Waals surface area contributed by atoms with Crippen molar-refractivity contribution in [3.8, 4) is 0 Å². The van der Waals surface area contributed by atoms with E-state index in [0.29, 0.717) is 39.1 Å². The highest BCUT2D eigenvalue weighted by Gasteiger charge is 2.12. The highest BCUT2D eigenvalue weighted by Crippen LogP contribution is 2.02. The van der Waals surface area contributed by atoms with E-state index in [1.165, 1.54) is 14.2 Å². The van der Waals surface area contributed by atoms with E-state index in [-0.39, 0.29) is 30.7 Å². The molecule has 0 fully saturated rings. The van der Waals surface area contributed by atoms with Crippen LogP contribution < -0.4 is 0 Å². The van der Waals surface area contributed by atoms with Gasteiger partial charge in [-0.15, -0.1) is 0 Å². The Morgan fingerprint density at radius 3 is 1.76 bits per heavy atom. The second kappa shape index (κ2) is 12.1. The number of carbonyl (C=O) groups excluding carboxylic acids is 3. The molecular weight excluding hydrogens is 278 g/mol. The fraction of sp³-hybridized carbons (Fsp3) is 0.786. The summed E-state index contributed by atoms with van der Waals surface area (Å²) in [6.07, 6.45) is 1.43. The van der Waals surface area contributed by atoms with Crippen molar-refractivity contribution in [2.75, 3.05) is 40.5 Å². The Morgan fingerprint density at radius 1 is 0.810 bits per heavy atom. The molecule has 0 rings (SSSR count). The largest absolute Gasteiger partial charge is 0.469 e. The summed E-state index contributed by atoms with van der Waals surface area (Å²) in [5.41, 5.74) is 0. The van der Waals surface area contributed by atoms with Crippen molar-refractivity contribution in [2.24, 2.45) is 0 Å². The van der Waals surface area contributed by atoms with Crippen molar-refractivity contribution in [2.45, 2.75) is 32.6 Å². The molecule has 0 heterocycles. The van der Waals surface area contributed by atoms with Crippen LogP contribution in [-0.2, 0) is 28.6 Å². The van der Waals surface area contributed by atoms with Crippen molar-refractivity contribution in [3.63, 3.8) is 0 Å². The molecular formula is C14H25NO6. The molecule has 0 N–H and O–H groups in total. The van der Waals surface area contributed by atoms with Crippen LogP contribution in [0.2, 0.25) is 0 Å². The van der Waals surface area contributed by atoms with Crippen LogP contribution in [0, 0.1) is 0 Å². The molecule has 0 saturated carbocycles. The average molecular weight is 303 g/mol. The first-order chi connectivity index (χ1) is 10.0. The lowest BCUT2D eigenvalue weighted by molar-refractivity contribution is -0.144. The number of hydrogen-bond acceptors (Lipinski definition) is 7. The van der Waals surface area contributed by atoms with Crippen molar-refractivity contribution < 1.29 is 28.6 Å². The van der Waals surface area contributed by atoms with Crippen LogP contribution in [0.3, 0.4) is 0 Å². The maximum Gasteiger partial charge on any atom is 0.306 e. The van der Waals surface area contributed by atoms with Gasteiger partial charge in [-0.25, -0.2) is 0 Å². The second-order valence-corrected chi connectivity index (χ2v) is 4.40. The molecule has 0 aliphatic carbocycles. The lowest BCUT2D eigenvalue weighted by Gasteiger charge is -2.21. The van der Waals surface area contributed by atoms with E-state index in [9.17, 15) is 14.4 Å². The van der Waals surface area contributed by atoms with E-state index in [1.54, 1.807) is 6.92 Å². The average Bonchev–Trinajstić information content (AvgIpc) is 2.48. The fourth-order valence-corrected chi connectivity index (χ4v) is 1.72. The standard InChI is InChI=1S/C14H25NO6/c1-4-21-14(18)6-5-9-15(10-7-12(16)19-2)11-8-13(17)20-3/h4-11H2,1-3H3. The Morgan fingerprint density at radius 2 is 1.33 bits per heavy atom. The van der Waals surface area contributed by atoms with E-state index < -0.39 is 0 Å². The number of esters is 3. The summed E-state index contributed by atoms with van der Waals surface area (Å²) in [5, 5.41) is 0. The smallest absolute Gasteiger partial charge is 0.306 e. The molecule has 21 heavy (non-hydrogen) atoms. The number of ether oxygens (including phenoxy) is 3. The van der Waals surface area contributed by atoms with Gasteiger partial charge in [0.1, 0.15) is 0 Å². The van der Waals surface area contributed by atoms with Crippen LogP contribution in [0.15, 0.2) is 0 Å². The zero-order valence-electron chi connectivity index (χ0n) is 13.1. The first kappa shape index (κ1) is 19.4. The van der Waals surface area contributed by atoms with Crippen molar-refractivity contribution in [1.29, 1.82) is 0 Å². The van der Waals surface area contributed by atoms with Crippen LogP contribution in [0.5, 0.6) is 0 Å². The van der Waals surface area contributed by atoms with E-state index in [0.717, 1.165) is 0 Å². The highest BCUT2D eigenvalue weighted by molar-refractivity contribution is 5.70. The quantitative estimate of drug-likeness (QED) is 0.411. The Balaban J connectivity index is 4.13. The molecule has 0 aromatic heterocycles. The van der Waals surface area contributed by atoms with Gasteiger partial charge in [0.05, 0.1) is 33.7 Å². The number of hydrogen-bond donors (Lipinski definition) is 0. The molecule has 0 aromatic rings. The monoisotopic (exact) mass is 303 g/mol. The number of methoxy groups -OCH3 is 2. The van der Waals surface area contributed by atoms with E-state index in [4.69, 9.17) is 4.74 Å². The van der Waals surface area contributed by atoms with Gasteiger partial charge in [0.25, 0.3) is 0 Å². The van der Waals surface area contributed by atoms with Gasteiger partial charge in [0.2, 0.25) is 0 Å². The minimum atomic E-state index is -0.302. The molecule has 7 nitrogen and oxygen atoms in total. The topological polar surface area (TPSA) is 82.1 Å². The lowest BCUT2D eigenvalue weighted by Crippen LogP contribution is -2.30. The van der Waals surface area contributed by atoms with Crippen LogP contribution in [0.4, 0.5) is 0 Å². The molecule has 0 aliphatic heterocycles. The van der Waals surface area contributed by atoms with Gasteiger partial charge in [-0.05, 0) is 19.9 Å². The summed E-state index contributed by atoms with van der Waals surface area (Å²) in [7, 11) is 2.67. The molecule has 0 unspecified atom stereocenters. The van der Waals surface area contributed by atoms with Crippen molar-refractivity contribution in [1.82, 2.24) is 4.90 Å². The molecule has 0 amide bonds. The Labute approximate surface area is 125 Å². The molecule has 0 spiro atoms. The summed E-state index contributed by atoms with van der Waals surface area (Å²) < 4.78 is 14.0. The predicted octanol–water partition coefficient (Wildman–Crippen LogP) is 0.758. The van der Waals surface area contributed by atoms with Crippen molar-refractivity contribution in [3.05, 3.63) is 0 Å². The zero-order chi connectivity index (χ0) is 16.1. The molecule has 0 bridgehead atoms. The molecule has 0 atom stereocenters. The van der Waals surface area contributed by atoms with Crippen molar-refractivity contribution >= 4 is 17.9 Å². The summed E-state index contributed by atoms with van der Waals surface area (Å²) in [4.78, 5) is 35.5. The molecule has 7 heteroatoms. The van der Waals surface area contributed by atoms with Gasteiger partial charge in [-0.2, -0.15) is 0 Å². The highest BCUT2D eigenvalue weighted by atomic mass is 16.5. The predicted molar refractivity (Wildman–Crippen MR) is 75.6 cm³/mol. The normalized spacial score (nSPS) is 10.3. The van der Waals surface area contributed by atoms with Crippen LogP contribution in [-0.4, -0.2) is 63.3 Å². The van der Waals surface area contributed by atoms with Crippen LogP contribution in [0.25, 0.3) is 0 Å². The van der Waals surface area contributed by atoms with Gasteiger partial charge >= 0.3 is 17.9 Å². The van der Waals surface area contributed by atoms with Gasteiger partial charge in [-0.3, -0.25) is 14.4 Å². The minimum Gasteiger partial charge on any atom is -0.469 e. The van der Waals surface area contributed by atoms with Gasteiger partial charge in [0.15, 0.2) is 0 Å². The first-order valence-corrected chi connectivity index (χ1v) is 7.05. The Bertz CT molecular complexity index is 311. The Kier molecular flexibility index (Phi) is 11.2. The van der Waals surface area contributed by atoms with Gasteiger partial charge in [-0.1, -0.05) is 0 Å². The fourth-order valence-electron chi connectivity index (χ4n) is 1.72. The molecule has 0 aromatic carbocycles. The molecule has 0 aliphatic rings. The first-order valence-electron chi connectivity index (χ1n) is 7.05. The van der Waals surface area contributed by atoms with Gasteiger partial charge < -0.3 is 19.1 Å². The minimum absolute atomic E-state index is 0.238. The van der Waals surface area contributed by atoms with E-state index in [1.807, 2.05) is 4.90 Å². The number of rotatable bonds is 11. The lowest BCUT2D eigenvalue weighted by atomic mass is 10.2. The summed E-state index contributed by atoms with van der Waals surface area (Å²) >= 11 is 0. The summed E-state index contributed by atoms with van der Waals surface area (Å²) in [6.45, 7) is 3.69. The van der Waals surface area contributed by atoms with E-state index >= 15 is 0 Å². The SMILES string of the molecule is CCOC(=O)CCCN(CCC(=O)OC)CCC(=O)OC. The van der Waals surface area contributed by atoms with Crippen LogP contribution >= 0.6 is 0 Å². The summed E-state index contributed by atoms with van der Waals surface area (Å²) in [5.74, 6) is -0.842. The maximum absolute atomic E-state index is 11.3. The number of carbonyl (C=O) groups is 3. The summed E-state index contributed by atoms with van der Waals surface area (Å²) in [6, 6.07) is 0. The third kappa shape index (κ3) is 10.8. The third-order valence-corrected chi connectivity index (χ3v) is 2.88. The molecule has 0 saturated heterocycles. The second-order valence-electron chi connectivity index (χ2n) is 4.40. The number of nitrogens with zero attached hydrogens (tertiary/aromatic N) is 1. The molecule has 0 radical (unpaired) electrons. The van der Waals surface area contributed by atoms with Crippen LogP contribution in [0.1, 0.15) is 32.6 Å². The van der Waals surface area contributed by atoms with E-state index in [2.05, 4.69) is 9.47 Å². The third-order valence-electron chi connectivity index (χ3n) is 2.88. The molecule has 122 valence electrons. The Hall–Kier alpha value is -1.63. The maximum atomic E-state index is 11.3. The zero-order valence-corrected chi connectivity index (χ0v) is 13.1.